The van der Waals surface area contributed by atoms with Gasteiger partial charge in [0, 0.05) is 6.54 Å². The van der Waals surface area contributed by atoms with Crippen LogP contribution in [0.3, 0.4) is 0 Å². The molecule has 0 radical (unpaired) electrons. The van der Waals surface area contributed by atoms with E-state index < -0.39 is 21.9 Å². The van der Waals surface area contributed by atoms with Crippen LogP contribution in [0.2, 0.25) is 0 Å². The standard InChI is InChI=1S/C17H14F3N3O2S2/c18-17(19,20)15-10-12(21-22-15)14-7-8-16(26-14)27(24,25)23-9-3-5-11-4-1-2-6-13(11)23/h1-2,4,6-8,10H,3,5,9H2,(H,21,22). The zero-order valence-electron chi connectivity index (χ0n) is 13.8. The van der Waals surface area contributed by atoms with Crippen molar-refractivity contribution in [2.75, 3.05) is 10.8 Å². The fourth-order valence-corrected chi connectivity index (χ4v) is 5.97. The molecule has 0 amide bonds. The van der Waals surface area contributed by atoms with Gasteiger partial charge in [-0.2, -0.15) is 18.3 Å². The number of halogens is 3. The normalized spacial score (nSPS) is 15.0. The third-order valence-corrected chi connectivity index (χ3v) is 7.72. The van der Waals surface area contributed by atoms with E-state index in [1.165, 1.54) is 16.4 Å². The number of nitrogens with one attached hydrogen (secondary N) is 1. The number of para-hydroxylation sites is 1. The molecule has 5 nitrogen and oxygen atoms in total. The number of hydrogen-bond acceptors (Lipinski definition) is 4. The number of hydrogen-bond donors (Lipinski definition) is 1. The quantitative estimate of drug-likeness (QED) is 0.696. The summed E-state index contributed by atoms with van der Waals surface area (Å²) in [6.07, 6.45) is -3.01. The summed E-state index contributed by atoms with van der Waals surface area (Å²) >= 11 is 0.906. The van der Waals surface area contributed by atoms with Crippen LogP contribution >= 0.6 is 11.3 Å². The lowest BCUT2D eigenvalue weighted by Gasteiger charge is -2.29. The van der Waals surface area contributed by atoms with Crippen LogP contribution < -0.4 is 4.31 Å². The summed E-state index contributed by atoms with van der Waals surface area (Å²) in [5.74, 6) is 0. The van der Waals surface area contributed by atoms with Crippen molar-refractivity contribution in [3.05, 3.63) is 53.7 Å². The Morgan fingerprint density at radius 3 is 2.67 bits per heavy atom. The van der Waals surface area contributed by atoms with Crippen molar-refractivity contribution in [1.29, 1.82) is 0 Å². The van der Waals surface area contributed by atoms with E-state index in [2.05, 4.69) is 5.10 Å². The monoisotopic (exact) mass is 413 g/mol. The number of sulfonamides is 1. The number of aromatic nitrogens is 2. The van der Waals surface area contributed by atoms with E-state index in [9.17, 15) is 21.6 Å². The van der Waals surface area contributed by atoms with Gasteiger partial charge < -0.3 is 0 Å². The Bertz CT molecular complexity index is 1090. The van der Waals surface area contributed by atoms with Crippen molar-refractivity contribution in [3.8, 4) is 10.6 Å². The van der Waals surface area contributed by atoms with Gasteiger partial charge in [-0.25, -0.2) is 8.42 Å². The average Bonchev–Trinajstić information content (AvgIpc) is 3.30. The van der Waals surface area contributed by atoms with Crippen LogP contribution in [0.5, 0.6) is 0 Å². The Balaban J connectivity index is 1.68. The molecular formula is C17H14F3N3O2S2. The first-order chi connectivity index (χ1) is 12.8. The number of aromatic amines is 1. The van der Waals surface area contributed by atoms with Crippen LogP contribution in [0.15, 0.2) is 46.7 Å². The largest absolute Gasteiger partial charge is 0.432 e. The second kappa shape index (κ2) is 6.38. The minimum atomic E-state index is -4.53. The number of anilines is 1. The lowest BCUT2D eigenvalue weighted by molar-refractivity contribution is -0.141. The fourth-order valence-electron chi connectivity index (χ4n) is 3.05. The molecular weight excluding hydrogens is 399 g/mol. The topological polar surface area (TPSA) is 66.1 Å². The molecule has 4 rings (SSSR count). The molecule has 1 aliphatic heterocycles. The molecule has 3 aromatic rings. The molecule has 1 aliphatic rings. The summed E-state index contributed by atoms with van der Waals surface area (Å²) in [5, 5.41) is 5.59. The van der Waals surface area contributed by atoms with Gasteiger partial charge in [-0.05, 0) is 42.7 Å². The zero-order chi connectivity index (χ0) is 19.2. The van der Waals surface area contributed by atoms with Crippen LogP contribution in [0.25, 0.3) is 10.6 Å². The zero-order valence-corrected chi connectivity index (χ0v) is 15.5. The van der Waals surface area contributed by atoms with Gasteiger partial charge in [0.2, 0.25) is 0 Å². The molecule has 0 unspecified atom stereocenters. The summed E-state index contributed by atoms with van der Waals surface area (Å²) in [6.45, 7) is 0.368. The molecule has 0 saturated heterocycles. The van der Waals surface area contributed by atoms with Crippen molar-refractivity contribution in [1.82, 2.24) is 10.2 Å². The van der Waals surface area contributed by atoms with Crippen LogP contribution in [0.4, 0.5) is 18.9 Å². The highest BCUT2D eigenvalue weighted by Crippen LogP contribution is 2.37. The van der Waals surface area contributed by atoms with Gasteiger partial charge in [-0.1, -0.05) is 18.2 Å². The van der Waals surface area contributed by atoms with Gasteiger partial charge in [-0.3, -0.25) is 9.40 Å². The van der Waals surface area contributed by atoms with Crippen LogP contribution in [-0.4, -0.2) is 25.2 Å². The van der Waals surface area contributed by atoms with Crippen LogP contribution in [-0.2, 0) is 22.6 Å². The van der Waals surface area contributed by atoms with E-state index in [-0.39, 0.29) is 9.90 Å². The molecule has 1 N–H and O–H groups in total. The number of benzene rings is 1. The Morgan fingerprint density at radius 2 is 1.93 bits per heavy atom. The van der Waals surface area contributed by atoms with E-state index in [4.69, 9.17) is 0 Å². The van der Waals surface area contributed by atoms with E-state index >= 15 is 0 Å². The van der Waals surface area contributed by atoms with Gasteiger partial charge in [0.1, 0.15) is 15.6 Å². The molecule has 0 aliphatic carbocycles. The molecule has 2 aromatic heterocycles. The highest BCUT2D eigenvalue weighted by atomic mass is 32.2. The molecule has 1 aromatic carbocycles. The lowest BCUT2D eigenvalue weighted by atomic mass is 10.0. The number of thiophene rings is 1. The molecule has 142 valence electrons. The minimum Gasteiger partial charge on any atom is -0.273 e. The number of H-pyrrole nitrogens is 1. The molecule has 0 atom stereocenters. The molecule has 0 saturated carbocycles. The van der Waals surface area contributed by atoms with Gasteiger partial charge in [0.15, 0.2) is 0 Å². The Kier molecular flexibility index (Phi) is 4.26. The Morgan fingerprint density at radius 1 is 1.15 bits per heavy atom. The lowest BCUT2D eigenvalue weighted by Crippen LogP contribution is -2.35. The highest BCUT2D eigenvalue weighted by molar-refractivity contribution is 7.94. The van der Waals surface area contributed by atoms with E-state index in [0.29, 0.717) is 23.5 Å². The van der Waals surface area contributed by atoms with Crippen molar-refractivity contribution in [3.63, 3.8) is 0 Å². The molecule has 10 heteroatoms. The SMILES string of the molecule is O=S(=O)(c1ccc(-c2cc(C(F)(F)F)[nH]n2)s1)N1CCCc2ccccc21. The second-order valence-corrected chi connectivity index (χ2v) is 9.27. The van der Waals surface area contributed by atoms with Gasteiger partial charge >= 0.3 is 6.18 Å². The van der Waals surface area contributed by atoms with Crippen molar-refractivity contribution < 1.29 is 21.6 Å². The maximum absolute atomic E-state index is 13.1. The minimum absolute atomic E-state index is 0.0628. The van der Waals surface area contributed by atoms with Crippen molar-refractivity contribution in [2.45, 2.75) is 23.2 Å². The third-order valence-electron chi connectivity index (χ3n) is 4.33. The number of nitrogens with zero attached hydrogens (tertiary/aromatic N) is 2. The molecule has 0 fully saturated rings. The Hall–Kier alpha value is -2.33. The molecule has 0 spiro atoms. The summed E-state index contributed by atoms with van der Waals surface area (Å²) in [5.41, 5.74) is 0.706. The average molecular weight is 413 g/mol. The van der Waals surface area contributed by atoms with Crippen molar-refractivity contribution in [2.24, 2.45) is 0 Å². The summed E-state index contributed by atoms with van der Waals surface area (Å²) < 4.78 is 65.8. The van der Waals surface area contributed by atoms with Crippen molar-refractivity contribution >= 4 is 27.0 Å². The summed E-state index contributed by atoms with van der Waals surface area (Å²) in [4.78, 5) is 0.352. The maximum Gasteiger partial charge on any atom is 0.432 e. The van der Waals surface area contributed by atoms with Crippen LogP contribution in [0, 0.1) is 0 Å². The smallest absolute Gasteiger partial charge is 0.273 e. The molecule has 3 heterocycles. The number of rotatable bonds is 3. The molecule has 0 bridgehead atoms. The van der Waals surface area contributed by atoms with Gasteiger partial charge in [0.05, 0.1) is 10.6 Å². The number of alkyl halides is 3. The van der Waals surface area contributed by atoms with Gasteiger partial charge in [0.25, 0.3) is 10.0 Å². The molecule has 27 heavy (non-hydrogen) atoms. The third kappa shape index (κ3) is 3.23. The number of aryl methyl sites for hydroxylation is 1. The predicted octanol–water partition coefficient (Wildman–Crippen LogP) is 4.30. The van der Waals surface area contributed by atoms with Crippen LogP contribution in [0.1, 0.15) is 17.7 Å². The summed E-state index contributed by atoms with van der Waals surface area (Å²) in [7, 11) is -3.79. The maximum atomic E-state index is 13.1. The first-order valence-electron chi connectivity index (χ1n) is 8.10. The first kappa shape index (κ1) is 18.1. The van der Waals surface area contributed by atoms with E-state index in [0.717, 1.165) is 29.4 Å². The van der Waals surface area contributed by atoms with Gasteiger partial charge in [-0.15, -0.1) is 11.3 Å². The Labute approximate surface area is 157 Å². The number of fused-ring (bicyclic) bond motifs is 1. The second-order valence-electron chi connectivity index (χ2n) is 6.09. The predicted molar refractivity (Wildman–Crippen MR) is 96.2 cm³/mol. The van der Waals surface area contributed by atoms with E-state index in [1.54, 1.807) is 12.1 Å². The highest BCUT2D eigenvalue weighted by Gasteiger charge is 2.34. The summed E-state index contributed by atoms with van der Waals surface area (Å²) in [6, 6.07) is 11.1. The first-order valence-corrected chi connectivity index (χ1v) is 10.4. The fraction of sp³-hybridized carbons (Fsp3) is 0.235. The van der Waals surface area contributed by atoms with E-state index in [1.807, 2.05) is 17.2 Å².